The van der Waals surface area contributed by atoms with Crippen molar-refractivity contribution in [2.45, 2.75) is 44.9 Å². The average molecular weight is 369 g/mol. The smallest absolute Gasteiger partial charge is 0.224 e. The fourth-order valence-electron chi connectivity index (χ4n) is 2.86. The molecule has 2 rings (SSSR count). The van der Waals surface area contributed by atoms with Crippen molar-refractivity contribution in [1.29, 1.82) is 0 Å². The van der Waals surface area contributed by atoms with Crippen molar-refractivity contribution in [2.24, 2.45) is 11.7 Å². The van der Waals surface area contributed by atoms with E-state index in [0.717, 1.165) is 17.3 Å². The highest BCUT2D eigenvalue weighted by Crippen LogP contribution is 2.26. The first-order valence-corrected chi connectivity index (χ1v) is 8.65. The summed E-state index contributed by atoms with van der Waals surface area (Å²) in [6.45, 7) is 0. The third-order valence-electron chi connectivity index (χ3n) is 3.97. The molecular weight excluding hydrogens is 348 g/mol. The zero-order chi connectivity index (χ0) is 15.2. The summed E-state index contributed by atoms with van der Waals surface area (Å²) in [6, 6.07) is 5.55. The maximum atomic E-state index is 12.2. The minimum Gasteiger partial charge on any atom is -0.389 e. The van der Waals surface area contributed by atoms with Crippen LogP contribution in [0.4, 0.5) is 5.69 Å². The van der Waals surface area contributed by atoms with Crippen molar-refractivity contribution in [1.82, 2.24) is 0 Å². The second-order valence-corrected chi connectivity index (χ2v) is 7.02. The van der Waals surface area contributed by atoms with Gasteiger partial charge in [0.2, 0.25) is 5.91 Å². The van der Waals surface area contributed by atoms with Gasteiger partial charge in [-0.3, -0.25) is 4.79 Å². The zero-order valence-corrected chi connectivity index (χ0v) is 14.4. The molecule has 0 heterocycles. The number of rotatable bonds is 4. The van der Waals surface area contributed by atoms with Gasteiger partial charge in [-0.15, -0.1) is 0 Å². The van der Waals surface area contributed by atoms with E-state index >= 15 is 0 Å². The Bertz CT molecular complexity index is 525. The first-order chi connectivity index (χ1) is 10.1. The second-order valence-electron chi connectivity index (χ2n) is 5.66. The third kappa shape index (κ3) is 5.08. The number of thiocarbonyl (C=S) groups is 1. The van der Waals surface area contributed by atoms with Crippen LogP contribution >= 0.6 is 28.1 Å². The van der Waals surface area contributed by atoms with Crippen LogP contribution < -0.4 is 11.1 Å². The molecule has 1 saturated carbocycles. The van der Waals surface area contributed by atoms with Crippen LogP contribution in [0.25, 0.3) is 0 Å². The molecule has 1 aliphatic carbocycles. The Morgan fingerprint density at radius 1 is 1.29 bits per heavy atom. The molecule has 114 valence electrons. The van der Waals surface area contributed by atoms with Gasteiger partial charge in [0.25, 0.3) is 0 Å². The maximum Gasteiger partial charge on any atom is 0.224 e. The van der Waals surface area contributed by atoms with Crippen LogP contribution in [0.2, 0.25) is 0 Å². The quantitative estimate of drug-likeness (QED) is 0.612. The summed E-state index contributed by atoms with van der Waals surface area (Å²) in [5.74, 6) is 0.568. The fraction of sp³-hybridized carbons (Fsp3) is 0.500. The highest BCUT2D eigenvalue weighted by atomic mass is 79.9. The van der Waals surface area contributed by atoms with E-state index in [-0.39, 0.29) is 5.91 Å². The number of amides is 1. The van der Waals surface area contributed by atoms with Crippen molar-refractivity contribution in [2.75, 3.05) is 5.32 Å². The second kappa shape index (κ2) is 7.90. The lowest BCUT2D eigenvalue weighted by molar-refractivity contribution is -0.117. The third-order valence-corrected chi connectivity index (χ3v) is 4.68. The van der Waals surface area contributed by atoms with E-state index in [1.54, 1.807) is 0 Å². The SMILES string of the molecule is NC(=S)c1cc(Br)ccc1NC(=O)CC1CCCCCC1. The van der Waals surface area contributed by atoms with Crippen molar-refractivity contribution in [3.63, 3.8) is 0 Å². The van der Waals surface area contributed by atoms with Gasteiger partial charge >= 0.3 is 0 Å². The molecule has 5 heteroatoms. The molecule has 21 heavy (non-hydrogen) atoms. The Hall–Kier alpha value is -0.940. The Kier molecular flexibility index (Phi) is 6.18. The summed E-state index contributed by atoms with van der Waals surface area (Å²) in [4.78, 5) is 12.5. The molecule has 0 spiro atoms. The van der Waals surface area contributed by atoms with Crippen LogP contribution in [0.1, 0.15) is 50.5 Å². The lowest BCUT2D eigenvalue weighted by Gasteiger charge is -2.15. The highest BCUT2D eigenvalue weighted by molar-refractivity contribution is 9.10. The molecular formula is C16H21BrN2OS. The van der Waals surface area contributed by atoms with Gasteiger partial charge in [0.1, 0.15) is 4.99 Å². The minimum absolute atomic E-state index is 0.0572. The van der Waals surface area contributed by atoms with Crippen molar-refractivity contribution < 1.29 is 4.79 Å². The topological polar surface area (TPSA) is 55.1 Å². The molecule has 1 aromatic carbocycles. The molecule has 1 fully saturated rings. The monoisotopic (exact) mass is 368 g/mol. The molecule has 0 unspecified atom stereocenters. The van der Waals surface area contributed by atoms with Crippen LogP contribution in [0.3, 0.4) is 0 Å². The number of anilines is 1. The number of hydrogen-bond donors (Lipinski definition) is 2. The zero-order valence-electron chi connectivity index (χ0n) is 12.0. The maximum absolute atomic E-state index is 12.2. The summed E-state index contributed by atoms with van der Waals surface area (Å²) in [5, 5.41) is 2.96. The van der Waals surface area contributed by atoms with Crippen molar-refractivity contribution >= 4 is 44.7 Å². The molecule has 1 aliphatic rings. The summed E-state index contributed by atoms with van der Waals surface area (Å²) in [7, 11) is 0. The van der Waals surface area contributed by atoms with Gasteiger partial charge in [0.05, 0.1) is 5.69 Å². The van der Waals surface area contributed by atoms with Gasteiger partial charge in [-0.1, -0.05) is 53.8 Å². The van der Waals surface area contributed by atoms with E-state index in [0.29, 0.717) is 28.6 Å². The average Bonchev–Trinajstić information content (AvgIpc) is 2.69. The molecule has 3 N–H and O–H groups in total. The predicted molar refractivity (Wildman–Crippen MR) is 94.5 cm³/mol. The molecule has 0 aromatic heterocycles. The molecule has 0 radical (unpaired) electrons. The number of halogens is 1. The van der Waals surface area contributed by atoms with Crippen LogP contribution in [0, 0.1) is 5.92 Å². The van der Waals surface area contributed by atoms with Gasteiger partial charge in [-0.05, 0) is 37.0 Å². The number of nitrogens with one attached hydrogen (secondary N) is 1. The van der Waals surface area contributed by atoms with Crippen LogP contribution in [0.15, 0.2) is 22.7 Å². The number of carbonyl (C=O) groups is 1. The van der Waals surface area contributed by atoms with E-state index < -0.39 is 0 Å². The minimum atomic E-state index is 0.0572. The fourth-order valence-corrected chi connectivity index (χ4v) is 3.39. The van der Waals surface area contributed by atoms with Gasteiger partial charge in [0.15, 0.2) is 0 Å². The van der Waals surface area contributed by atoms with E-state index in [1.807, 2.05) is 18.2 Å². The molecule has 0 bridgehead atoms. The summed E-state index contributed by atoms with van der Waals surface area (Å²) < 4.78 is 0.895. The van der Waals surface area contributed by atoms with Crippen LogP contribution in [-0.2, 0) is 4.79 Å². The van der Waals surface area contributed by atoms with Gasteiger partial charge in [0, 0.05) is 16.5 Å². The number of carbonyl (C=O) groups excluding carboxylic acids is 1. The largest absolute Gasteiger partial charge is 0.389 e. The van der Waals surface area contributed by atoms with Gasteiger partial charge < -0.3 is 11.1 Å². The standard InChI is InChI=1S/C16H21BrN2OS/c17-12-7-8-14(13(10-12)16(18)21)19-15(20)9-11-5-3-1-2-4-6-11/h7-8,10-11H,1-6,9H2,(H2,18,21)(H,19,20). The van der Waals surface area contributed by atoms with Crippen LogP contribution in [0.5, 0.6) is 0 Å². The van der Waals surface area contributed by atoms with Crippen molar-refractivity contribution in [3.05, 3.63) is 28.2 Å². The van der Waals surface area contributed by atoms with Gasteiger partial charge in [-0.25, -0.2) is 0 Å². The Balaban J connectivity index is 2.00. The Labute approximate surface area is 139 Å². The lowest BCUT2D eigenvalue weighted by Crippen LogP contribution is -2.19. The number of nitrogens with two attached hydrogens (primary N) is 1. The van der Waals surface area contributed by atoms with E-state index in [9.17, 15) is 4.79 Å². The van der Waals surface area contributed by atoms with E-state index in [2.05, 4.69) is 21.2 Å². The first-order valence-electron chi connectivity index (χ1n) is 7.45. The Morgan fingerprint density at radius 2 is 1.95 bits per heavy atom. The van der Waals surface area contributed by atoms with E-state index in [4.69, 9.17) is 18.0 Å². The lowest BCUT2D eigenvalue weighted by atomic mass is 9.96. The molecule has 0 aliphatic heterocycles. The number of hydrogen-bond acceptors (Lipinski definition) is 2. The summed E-state index contributed by atoms with van der Waals surface area (Å²) in [6.07, 6.45) is 8.01. The molecule has 0 saturated heterocycles. The van der Waals surface area contributed by atoms with E-state index in [1.165, 1.54) is 25.7 Å². The van der Waals surface area contributed by atoms with Crippen molar-refractivity contribution in [3.8, 4) is 0 Å². The number of benzene rings is 1. The first kappa shape index (κ1) is 16.4. The van der Waals surface area contributed by atoms with Gasteiger partial charge in [-0.2, -0.15) is 0 Å². The summed E-state index contributed by atoms with van der Waals surface area (Å²) >= 11 is 8.44. The highest BCUT2D eigenvalue weighted by Gasteiger charge is 2.17. The molecule has 3 nitrogen and oxygen atoms in total. The van der Waals surface area contributed by atoms with Crippen LogP contribution in [-0.4, -0.2) is 10.9 Å². The molecule has 1 aromatic rings. The predicted octanol–water partition coefficient (Wildman–Crippen LogP) is 4.38. The summed E-state index contributed by atoms with van der Waals surface area (Å²) in [5.41, 5.74) is 7.12. The Morgan fingerprint density at radius 3 is 2.57 bits per heavy atom. The normalized spacial score (nSPS) is 16.2. The molecule has 0 atom stereocenters. The molecule has 1 amide bonds.